The van der Waals surface area contributed by atoms with E-state index in [-0.39, 0.29) is 19.5 Å². The average Bonchev–Trinajstić information content (AvgIpc) is 2.86. The minimum absolute atomic E-state index is 0.0379. The van der Waals surface area contributed by atoms with E-state index in [0.29, 0.717) is 31.4 Å². The number of carbonyl (C=O) groups is 4. The molecule has 0 bridgehead atoms. The number of hydrogen-bond acceptors (Lipinski definition) is 11. The molecular formula is C25H36N4O10S. The van der Waals surface area contributed by atoms with Crippen LogP contribution in [0, 0.1) is 0 Å². The Kier molecular flexibility index (Phi) is 13.5. The van der Waals surface area contributed by atoms with Crippen LogP contribution < -0.4 is 0 Å². The summed E-state index contributed by atoms with van der Waals surface area (Å²) in [7, 11) is 0. The second-order valence-electron chi connectivity index (χ2n) is 9.85. The summed E-state index contributed by atoms with van der Waals surface area (Å²) >= 11 is 4.69. The zero-order valence-electron chi connectivity index (χ0n) is 21.9. The fourth-order valence-corrected chi connectivity index (χ4v) is 5.46. The van der Waals surface area contributed by atoms with Crippen LogP contribution in [0.15, 0.2) is 28.6 Å². The number of carboxylic acid groups (broad SMARTS) is 4. The molecule has 14 nitrogen and oxygen atoms in total. The molecule has 0 aliphatic heterocycles. The van der Waals surface area contributed by atoms with Gasteiger partial charge in [0.05, 0.1) is 38.4 Å². The van der Waals surface area contributed by atoms with E-state index in [9.17, 15) is 49.8 Å². The number of nitrogens with zero attached hydrogens (tertiary/aromatic N) is 4. The van der Waals surface area contributed by atoms with E-state index in [1.165, 1.54) is 9.80 Å². The molecule has 1 aromatic carbocycles. The standard InChI is InChI=1S/C25H36N4O10S/c30-21(31)11-27(12-22(32)33)18(9-16-5-7-17(26-40)8-6-16)10-28(13-23(34)35)19-3-1-2-4-20(19)29(14-24(36)37)15-25(38)39/h5-8,18-20,24,36-37H,1-4,9-15H2,(H,30,31)(H,32,33)(H,34,35)(H,38,39)/t18-,19+,20+/m0/s1. The molecule has 1 aliphatic rings. The van der Waals surface area contributed by atoms with Crippen LogP contribution in [-0.4, -0.2) is 133 Å². The largest absolute Gasteiger partial charge is 0.480 e. The van der Waals surface area contributed by atoms with Crippen LogP contribution in [0.4, 0.5) is 5.69 Å². The van der Waals surface area contributed by atoms with Crippen molar-refractivity contribution in [1.29, 1.82) is 0 Å². The van der Waals surface area contributed by atoms with Gasteiger partial charge in [0.15, 0.2) is 6.29 Å². The van der Waals surface area contributed by atoms with E-state index in [4.69, 9.17) is 12.4 Å². The van der Waals surface area contributed by atoms with Crippen molar-refractivity contribution in [3.8, 4) is 0 Å². The summed E-state index contributed by atoms with van der Waals surface area (Å²) in [5, 5.41) is 57.5. The van der Waals surface area contributed by atoms with E-state index in [1.54, 1.807) is 29.2 Å². The minimum Gasteiger partial charge on any atom is -0.480 e. The van der Waals surface area contributed by atoms with Gasteiger partial charge in [0.25, 0.3) is 0 Å². The molecule has 0 saturated heterocycles. The summed E-state index contributed by atoms with van der Waals surface area (Å²) in [6.45, 7) is -2.57. The quantitative estimate of drug-likeness (QED) is 0.124. The number of aliphatic hydroxyl groups is 2. The van der Waals surface area contributed by atoms with Gasteiger partial charge in [-0.25, -0.2) is 0 Å². The molecule has 0 radical (unpaired) electrons. The molecule has 1 saturated carbocycles. The van der Waals surface area contributed by atoms with Crippen LogP contribution in [0.5, 0.6) is 0 Å². The first-order valence-corrected chi connectivity index (χ1v) is 13.1. The maximum absolute atomic E-state index is 12.0. The van der Waals surface area contributed by atoms with Gasteiger partial charge in [0.1, 0.15) is 0 Å². The molecule has 222 valence electrons. The number of hydrogen-bond donors (Lipinski definition) is 6. The van der Waals surface area contributed by atoms with Crippen molar-refractivity contribution in [1.82, 2.24) is 14.7 Å². The summed E-state index contributed by atoms with van der Waals surface area (Å²) in [6.07, 6.45) is 0.757. The van der Waals surface area contributed by atoms with Gasteiger partial charge in [-0.3, -0.25) is 33.9 Å². The van der Waals surface area contributed by atoms with Gasteiger partial charge in [0.2, 0.25) is 0 Å². The summed E-state index contributed by atoms with van der Waals surface area (Å²) in [5.74, 6) is -4.86. The molecule has 0 spiro atoms. The SMILES string of the molecule is O=C(O)CN(CC(=O)O)[C@@H](Cc1ccc(N=S)cc1)CN(CC(=O)O)[C@@H]1CCCC[C@H]1N(CC(=O)O)CC(O)O. The molecule has 0 unspecified atom stereocenters. The number of aliphatic carboxylic acids is 4. The van der Waals surface area contributed by atoms with E-state index in [0.717, 1.165) is 5.56 Å². The van der Waals surface area contributed by atoms with Gasteiger partial charge >= 0.3 is 23.9 Å². The molecule has 3 atom stereocenters. The van der Waals surface area contributed by atoms with E-state index < -0.39 is 74.5 Å². The molecule has 1 aliphatic carbocycles. The van der Waals surface area contributed by atoms with Crippen LogP contribution in [0.2, 0.25) is 0 Å². The van der Waals surface area contributed by atoms with E-state index >= 15 is 0 Å². The Bertz CT molecular complexity index is 1010. The lowest BCUT2D eigenvalue weighted by atomic mass is 9.87. The molecule has 0 heterocycles. The average molecular weight is 585 g/mol. The van der Waals surface area contributed by atoms with Crippen molar-refractivity contribution in [3.05, 3.63) is 29.8 Å². The third-order valence-corrected chi connectivity index (χ3v) is 7.07. The predicted octanol–water partition coefficient (Wildman–Crippen LogP) is -0.174. The Balaban J connectivity index is 2.49. The van der Waals surface area contributed by atoms with Gasteiger partial charge < -0.3 is 30.6 Å². The Labute approximate surface area is 236 Å². The van der Waals surface area contributed by atoms with Crippen LogP contribution in [-0.2, 0) is 38.0 Å². The first kappa shape index (κ1) is 33.1. The molecule has 0 aromatic heterocycles. The molecule has 0 amide bonds. The van der Waals surface area contributed by atoms with Crippen LogP contribution >= 0.6 is 0 Å². The Morgan fingerprint density at radius 2 is 1.23 bits per heavy atom. The zero-order valence-corrected chi connectivity index (χ0v) is 22.7. The number of carboxylic acids is 4. The number of benzene rings is 1. The lowest BCUT2D eigenvalue weighted by molar-refractivity contribution is -0.146. The van der Waals surface area contributed by atoms with Crippen molar-refractivity contribution in [2.75, 3.05) is 39.3 Å². The van der Waals surface area contributed by atoms with Crippen LogP contribution in [0.25, 0.3) is 0 Å². The van der Waals surface area contributed by atoms with Crippen molar-refractivity contribution in [3.63, 3.8) is 0 Å². The van der Waals surface area contributed by atoms with Crippen molar-refractivity contribution >= 4 is 42.0 Å². The molecule has 2 rings (SSSR count). The summed E-state index contributed by atoms with van der Waals surface area (Å²) in [5.41, 5.74) is 1.25. The van der Waals surface area contributed by atoms with Crippen LogP contribution in [0.1, 0.15) is 31.2 Å². The molecule has 1 aromatic rings. The van der Waals surface area contributed by atoms with Gasteiger partial charge in [-0.1, -0.05) is 25.0 Å². The Morgan fingerprint density at radius 3 is 1.62 bits per heavy atom. The highest BCUT2D eigenvalue weighted by molar-refractivity contribution is 7.47. The molecule has 1 fully saturated rings. The van der Waals surface area contributed by atoms with Gasteiger partial charge in [-0.2, -0.15) is 4.36 Å². The summed E-state index contributed by atoms with van der Waals surface area (Å²) < 4.78 is 3.67. The second kappa shape index (κ2) is 16.2. The van der Waals surface area contributed by atoms with Crippen molar-refractivity contribution < 1.29 is 49.8 Å². The predicted molar refractivity (Wildman–Crippen MR) is 143 cm³/mol. The monoisotopic (exact) mass is 584 g/mol. The number of aliphatic hydroxyl groups excluding tert-OH is 1. The summed E-state index contributed by atoms with van der Waals surface area (Å²) in [6, 6.07) is 4.95. The van der Waals surface area contributed by atoms with Gasteiger partial charge in [-0.15, -0.1) is 0 Å². The normalized spacial score (nSPS) is 18.2. The third-order valence-electron chi connectivity index (χ3n) is 6.86. The fraction of sp³-hybridized carbons (Fsp3) is 0.600. The fourth-order valence-electron chi connectivity index (χ4n) is 5.34. The maximum Gasteiger partial charge on any atom is 0.317 e. The Hall–Kier alpha value is -3.08. The highest BCUT2D eigenvalue weighted by Crippen LogP contribution is 2.29. The highest BCUT2D eigenvalue weighted by Gasteiger charge is 2.38. The van der Waals surface area contributed by atoms with E-state index in [1.807, 2.05) is 0 Å². The summed E-state index contributed by atoms with van der Waals surface area (Å²) in [4.78, 5) is 51.1. The molecule has 40 heavy (non-hydrogen) atoms. The molecule has 15 heteroatoms. The smallest absolute Gasteiger partial charge is 0.317 e. The first-order valence-electron chi connectivity index (χ1n) is 12.8. The Morgan fingerprint density at radius 1 is 0.775 bits per heavy atom. The van der Waals surface area contributed by atoms with Crippen molar-refractivity contribution in [2.24, 2.45) is 4.36 Å². The van der Waals surface area contributed by atoms with Gasteiger partial charge in [-0.05, 0) is 37.0 Å². The van der Waals surface area contributed by atoms with Gasteiger partial charge in [0, 0.05) is 37.1 Å². The van der Waals surface area contributed by atoms with Crippen molar-refractivity contribution in [2.45, 2.75) is 56.5 Å². The topological polar surface area (TPSA) is 212 Å². The lowest BCUT2D eigenvalue weighted by Crippen LogP contribution is -2.59. The third kappa shape index (κ3) is 11.2. The minimum atomic E-state index is -1.81. The number of rotatable bonds is 18. The van der Waals surface area contributed by atoms with E-state index in [2.05, 4.69) is 4.36 Å². The second-order valence-corrected chi connectivity index (χ2v) is 10.0. The molecular weight excluding hydrogens is 548 g/mol. The highest BCUT2D eigenvalue weighted by atomic mass is 32.1. The lowest BCUT2D eigenvalue weighted by Gasteiger charge is -2.46. The molecule has 6 N–H and O–H groups in total. The zero-order chi connectivity index (χ0) is 29.8. The van der Waals surface area contributed by atoms with Crippen LogP contribution in [0.3, 0.4) is 0 Å². The maximum atomic E-state index is 12.0. The first-order chi connectivity index (χ1) is 18.9.